The SMILES string of the molecule is C[C@@H](/C=C/CCn1cc(C(CO)c2ccccc2)nn1)[C@]1(O)C(=O)N(Cc2ccc(N3N=C(c4ccccc4)CCC3=O)cc2)c2ccccc21. The Morgan fingerprint density at radius 1 is 0.882 bits per heavy atom. The van der Waals surface area contributed by atoms with E-state index >= 15 is 0 Å². The molecule has 2 aliphatic rings. The van der Waals surface area contributed by atoms with E-state index in [1.165, 1.54) is 5.01 Å². The molecule has 1 aromatic heterocycles. The van der Waals surface area contributed by atoms with Crippen molar-refractivity contribution >= 4 is 28.9 Å². The summed E-state index contributed by atoms with van der Waals surface area (Å²) in [7, 11) is 0. The summed E-state index contributed by atoms with van der Waals surface area (Å²) in [4.78, 5) is 28.5. The maximum Gasteiger partial charge on any atom is 0.264 e. The van der Waals surface area contributed by atoms with Crippen LogP contribution in [0.2, 0.25) is 0 Å². The Hall–Kier alpha value is -5.71. The summed E-state index contributed by atoms with van der Waals surface area (Å²) >= 11 is 0. The molecule has 0 radical (unpaired) electrons. The first kappa shape index (κ1) is 33.8. The minimum Gasteiger partial charge on any atom is -0.395 e. The number of benzene rings is 4. The van der Waals surface area contributed by atoms with E-state index in [4.69, 9.17) is 0 Å². The van der Waals surface area contributed by atoms with E-state index < -0.39 is 11.5 Å². The van der Waals surface area contributed by atoms with Crippen LogP contribution in [-0.4, -0.2) is 49.3 Å². The van der Waals surface area contributed by atoms with Crippen LogP contribution >= 0.6 is 0 Å². The molecule has 0 saturated heterocycles. The minimum absolute atomic E-state index is 0.0670. The number of allylic oxidation sites excluding steroid dienone is 1. The Bertz CT molecular complexity index is 2060. The molecule has 2 aliphatic heterocycles. The molecule has 0 saturated carbocycles. The summed E-state index contributed by atoms with van der Waals surface area (Å²) in [5.74, 6) is -1.21. The van der Waals surface area contributed by atoms with Gasteiger partial charge in [-0.3, -0.25) is 14.3 Å². The summed E-state index contributed by atoms with van der Waals surface area (Å²) in [5.41, 5.74) is 4.55. The average Bonchev–Trinajstić information content (AvgIpc) is 3.72. The molecule has 0 fully saturated rings. The first-order valence-corrected chi connectivity index (χ1v) is 17.3. The minimum atomic E-state index is -1.74. The Labute approximate surface area is 297 Å². The Kier molecular flexibility index (Phi) is 9.70. The van der Waals surface area contributed by atoms with Crippen molar-refractivity contribution < 1.29 is 19.8 Å². The second kappa shape index (κ2) is 14.6. The molecule has 4 aromatic carbocycles. The van der Waals surface area contributed by atoms with Crippen molar-refractivity contribution in [1.29, 1.82) is 0 Å². The number of aromatic nitrogens is 3. The normalized spacial score (nSPS) is 18.6. The molecule has 258 valence electrons. The maximum absolute atomic E-state index is 14.1. The van der Waals surface area contributed by atoms with Gasteiger partial charge in [0.05, 0.1) is 41.8 Å². The van der Waals surface area contributed by atoms with Crippen molar-refractivity contribution in [3.8, 4) is 0 Å². The summed E-state index contributed by atoms with van der Waals surface area (Å²) < 4.78 is 1.74. The van der Waals surface area contributed by atoms with Crippen molar-refractivity contribution in [3.05, 3.63) is 155 Å². The number of carbonyl (C=O) groups excluding carboxylic acids is 2. The van der Waals surface area contributed by atoms with Crippen LogP contribution in [0.5, 0.6) is 0 Å². The molecule has 0 spiro atoms. The predicted molar refractivity (Wildman–Crippen MR) is 196 cm³/mol. The molecule has 1 unspecified atom stereocenters. The number of anilines is 2. The van der Waals surface area contributed by atoms with Gasteiger partial charge in [0.25, 0.3) is 5.91 Å². The van der Waals surface area contributed by atoms with Crippen LogP contribution < -0.4 is 9.91 Å². The summed E-state index contributed by atoms with van der Waals surface area (Å²) in [6.45, 7) is 2.59. The standard InChI is InChI=1S/C41H40N6O4/c1-29(12-10-11-25-45-27-37(42-44-45)34(28-48)31-13-4-2-5-14-31)41(51)35-17-8-9-18-38(35)46(40(41)50)26-30-19-21-33(22-20-30)47-39(49)24-23-36(43-47)32-15-6-3-7-16-32/h2-10,12-22,27,29,34,48,51H,11,23-26,28H2,1H3/b12-10+/t29-,34?,41+/m0/s1. The van der Waals surface area contributed by atoms with Gasteiger partial charge in [0, 0.05) is 37.1 Å². The number of para-hydroxylation sites is 1. The van der Waals surface area contributed by atoms with Gasteiger partial charge in [-0.15, -0.1) is 5.10 Å². The highest BCUT2D eigenvalue weighted by atomic mass is 16.3. The first-order valence-electron chi connectivity index (χ1n) is 17.3. The van der Waals surface area contributed by atoms with Gasteiger partial charge in [0.15, 0.2) is 5.60 Å². The van der Waals surface area contributed by atoms with Crippen LogP contribution in [0.15, 0.2) is 133 Å². The lowest BCUT2D eigenvalue weighted by Crippen LogP contribution is -2.44. The van der Waals surface area contributed by atoms with Gasteiger partial charge in [-0.2, -0.15) is 5.10 Å². The summed E-state index contributed by atoms with van der Waals surface area (Å²) in [6.07, 6.45) is 7.26. The lowest BCUT2D eigenvalue weighted by Gasteiger charge is -2.28. The van der Waals surface area contributed by atoms with Gasteiger partial charge in [-0.1, -0.05) is 115 Å². The zero-order valence-corrected chi connectivity index (χ0v) is 28.4. The topological polar surface area (TPSA) is 124 Å². The number of aliphatic hydroxyl groups excluding tert-OH is 1. The van der Waals surface area contributed by atoms with E-state index in [1.54, 1.807) is 9.58 Å². The highest BCUT2D eigenvalue weighted by Crippen LogP contribution is 2.45. The molecule has 7 rings (SSSR count). The third kappa shape index (κ3) is 6.75. The molecule has 0 bridgehead atoms. The fourth-order valence-electron chi connectivity index (χ4n) is 6.86. The molecular formula is C41H40N6O4. The highest BCUT2D eigenvalue weighted by molar-refractivity contribution is 6.09. The number of aryl methyl sites for hydroxylation is 1. The Balaban J connectivity index is 1.02. The van der Waals surface area contributed by atoms with E-state index in [1.807, 2.05) is 134 Å². The lowest BCUT2D eigenvalue weighted by atomic mass is 9.83. The van der Waals surface area contributed by atoms with Crippen LogP contribution in [-0.2, 0) is 28.3 Å². The molecular weight excluding hydrogens is 640 g/mol. The molecule has 2 amide bonds. The summed E-state index contributed by atoms with van der Waals surface area (Å²) in [6, 6.07) is 34.4. The van der Waals surface area contributed by atoms with Crippen molar-refractivity contribution in [2.75, 3.05) is 16.5 Å². The van der Waals surface area contributed by atoms with Crippen LogP contribution in [0.3, 0.4) is 0 Å². The van der Waals surface area contributed by atoms with E-state index in [9.17, 15) is 19.8 Å². The number of fused-ring (bicyclic) bond motifs is 1. The monoisotopic (exact) mass is 680 g/mol. The molecule has 0 aliphatic carbocycles. The number of amides is 2. The van der Waals surface area contributed by atoms with E-state index in [2.05, 4.69) is 15.4 Å². The fraction of sp³-hybridized carbons (Fsp3) is 0.244. The third-order valence-electron chi connectivity index (χ3n) is 9.74. The number of nitrogens with zero attached hydrogens (tertiary/aromatic N) is 6. The molecule has 2 N–H and O–H groups in total. The quantitative estimate of drug-likeness (QED) is 0.157. The Morgan fingerprint density at radius 3 is 2.33 bits per heavy atom. The number of rotatable bonds is 12. The smallest absolute Gasteiger partial charge is 0.264 e. The van der Waals surface area contributed by atoms with Gasteiger partial charge < -0.3 is 15.1 Å². The summed E-state index contributed by atoms with van der Waals surface area (Å²) in [5, 5.41) is 36.7. The Morgan fingerprint density at radius 2 is 1.59 bits per heavy atom. The number of aliphatic hydroxyl groups is 2. The van der Waals surface area contributed by atoms with Gasteiger partial charge in [-0.05, 0) is 41.3 Å². The van der Waals surface area contributed by atoms with Gasteiger partial charge >= 0.3 is 0 Å². The molecule has 5 aromatic rings. The number of carbonyl (C=O) groups is 2. The number of hydrazone groups is 1. The van der Waals surface area contributed by atoms with Crippen molar-refractivity contribution in [2.24, 2.45) is 11.0 Å². The maximum atomic E-state index is 14.1. The third-order valence-corrected chi connectivity index (χ3v) is 9.74. The molecule has 10 nitrogen and oxygen atoms in total. The zero-order chi connectivity index (χ0) is 35.4. The number of hydrogen-bond acceptors (Lipinski definition) is 7. The van der Waals surface area contributed by atoms with E-state index in [0.29, 0.717) is 48.4 Å². The van der Waals surface area contributed by atoms with Crippen LogP contribution in [0.1, 0.15) is 60.1 Å². The number of hydrogen-bond donors (Lipinski definition) is 2. The lowest BCUT2D eigenvalue weighted by molar-refractivity contribution is -0.139. The van der Waals surface area contributed by atoms with Crippen molar-refractivity contribution in [2.45, 2.75) is 50.8 Å². The van der Waals surface area contributed by atoms with E-state index in [-0.39, 0.29) is 30.9 Å². The van der Waals surface area contributed by atoms with Crippen LogP contribution in [0.4, 0.5) is 11.4 Å². The largest absolute Gasteiger partial charge is 0.395 e. The zero-order valence-electron chi connectivity index (χ0n) is 28.4. The van der Waals surface area contributed by atoms with Crippen molar-refractivity contribution in [1.82, 2.24) is 15.0 Å². The second-order valence-corrected chi connectivity index (χ2v) is 13.0. The van der Waals surface area contributed by atoms with E-state index in [0.717, 1.165) is 22.4 Å². The average molecular weight is 681 g/mol. The van der Waals surface area contributed by atoms with Gasteiger partial charge in [-0.25, -0.2) is 5.01 Å². The van der Waals surface area contributed by atoms with Crippen molar-refractivity contribution in [3.63, 3.8) is 0 Å². The van der Waals surface area contributed by atoms with Crippen LogP contribution in [0.25, 0.3) is 0 Å². The second-order valence-electron chi connectivity index (χ2n) is 13.0. The fourth-order valence-corrected chi connectivity index (χ4v) is 6.86. The first-order chi connectivity index (χ1) is 24.9. The van der Waals surface area contributed by atoms with Gasteiger partial charge in [0.2, 0.25) is 5.91 Å². The van der Waals surface area contributed by atoms with Gasteiger partial charge in [0.1, 0.15) is 0 Å². The molecule has 3 heterocycles. The highest BCUT2D eigenvalue weighted by Gasteiger charge is 2.52. The molecule has 3 atom stereocenters. The molecule has 10 heteroatoms. The predicted octanol–water partition coefficient (Wildman–Crippen LogP) is 5.95. The molecule has 51 heavy (non-hydrogen) atoms. The van der Waals surface area contributed by atoms with Crippen LogP contribution in [0, 0.1) is 5.92 Å².